The highest BCUT2D eigenvalue weighted by Crippen LogP contribution is 2.17. The fraction of sp³-hybridized carbons (Fsp3) is 0.333. The van der Waals surface area contributed by atoms with Gasteiger partial charge < -0.3 is 15.6 Å². The van der Waals surface area contributed by atoms with E-state index in [0.717, 1.165) is 6.07 Å². The maximum atomic E-state index is 13.1. The molecule has 1 rings (SSSR count). The number of carboxylic acid groups (broad SMARTS) is 1. The van der Waals surface area contributed by atoms with Gasteiger partial charge in [0.2, 0.25) is 0 Å². The number of benzene rings is 1. The van der Waals surface area contributed by atoms with Crippen molar-refractivity contribution in [3.8, 4) is 0 Å². The Labute approximate surface area is 103 Å². The molecule has 0 aliphatic rings. The molecular formula is C12H14FNO4. The molecule has 5 nitrogen and oxygen atoms in total. The zero-order chi connectivity index (χ0) is 13.9. The van der Waals surface area contributed by atoms with E-state index < -0.39 is 23.2 Å². The third-order valence-electron chi connectivity index (χ3n) is 2.38. The summed E-state index contributed by atoms with van der Waals surface area (Å²) in [5, 5.41) is 8.84. The van der Waals surface area contributed by atoms with Crippen LogP contribution in [0.25, 0.3) is 0 Å². The second-order valence-corrected chi connectivity index (χ2v) is 4.50. The number of hydrogen-bond donors (Lipinski definition) is 2. The van der Waals surface area contributed by atoms with E-state index in [1.807, 2.05) is 0 Å². The Bertz CT molecular complexity index is 485. The lowest BCUT2D eigenvalue weighted by Crippen LogP contribution is -2.30. The summed E-state index contributed by atoms with van der Waals surface area (Å²) in [6, 6.07) is 3.51. The van der Waals surface area contributed by atoms with Crippen molar-refractivity contribution in [3.63, 3.8) is 0 Å². The Balaban J connectivity index is 2.72. The molecule has 0 radical (unpaired) electrons. The van der Waals surface area contributed by atoms with Crippen molar-refractivity contribution in [3.05, 3.63) is 29.6 Å². The first kappa shape index (κ1) is 14.0. The van der Waals surface area contributed by atoms with Gasteiger partial charge in [-0.05, 0) is 32.0 Å². The van der Waals surface area contributed by atoms with Crippen molar-refractivity contribution >= 4 is 17.6 Å². The van der Waals surface area contributed by atoms with Crippen LogP contribution in [0.1, 0.15) is 24.2 Å². The maximum Gasteiger partial charge on any atom is 0.338 e. The predicted molar refractivity (Wildman–Crippen MR) is 62.5 cm³/mol. The first-order valence-corrected chi connectivity index (χ1v) is 5.19. The zero-order valence-electron chi connectivity index (χ0n) is 10.1. The van der Waals surface area contributed by atoms with Crippen LogP contribution in [-0.2, 0) is 9.53 Å². The number of carbonyl (C=O) groups is 2. The first-order valence-electron chi connectivity index (χ1n) is 5.19. The monoisotopic (exact) mass is 255 g/mol. The minimum absolute atomic E-state index is 0.0112. The Morgan fingerprint density at radius 1 is 1.44 bits per heavy atom. The van der Waals surface area contributed by atoms with Gasteiger partial charge in [0, 0.05) is 0 Å². The molecule has 0 atom stereocenters. The Morgan fingerprint density at radius 3 is 2.56 bits per heavy atom. The summed E-state index contributed by atoms with van der Waals surface area (Å²) in [5.41, 5.74) is 3.99. The SMILES string of the molecule is CC(C)(COC(=O)c1ccc(N)c(F)c1)C(=O)O. The molecule has 0 saturated heterocycles. The van der Waals surface area contributed by atoms with E-state index >= 15 is 0 Å². The van der Waals surface area contributed by atoms with Crippen LogP contribution in [0.15, 0.2) is 18.2 Å². The highest BCUT2D eigenvalue weighted by Gasteiger charge is 2.29. The molecule has 1 aromatic carbocycles. The average Bonchev–Trinajstić information content (AvgIpc) is 2.29. The minimum atomic E-state index is -1.19. The van der Waals surface area contributed by atoms with E-state index in [4.69, 9.17) is 15.6 Å². The van der Waals surface area contributed by atoms with Gasteiger partial charge in [0.25, 0.3) is 0 Å². The topological polar surface area (TPSA) is 89.6 Å². The molecule has 0 aliphatic heterocycles. The van der Waals surface area contributed by atoms with Crippen molar-refractivity contribution in [1.29, 1.82) is 0 Å². The highest BCUT2D eigenvalue weighted by molar-refractivity contribution is 5.90. The van der Waals surface area contributed by atoms with Crippen LogP contribution >= 0.6 is 0 Å². The summed E-state index contributed by atoms with van der Waals surface area (Å²) >= 11 is 0. The molecule has 0 fully saturated rings. The van der Waals surface area contributed by atoms with Crippen LogP contribution in [0.3, 0.4) is 0 Å². The number of aliphatic carboxylic acids is 1. The van der Waals surface area contributed by atoms with Gasteiger partial charge in [-0.1, -0.05) is 0 Å². The highest BCUT2D eigenvalue weighted by atomic mass is 19.1. The van der Waals surface area contributed by atoms with E-state index in [-0.39, 0.29) is 17.9 Å². The van der Waals surface area contributed by atoms with Crippen LogP contribution in [0.4, 0.5) is 10.1 Å². The minimum Gasteiger partial charge on any atom is -0.481 e. The molecule has 0 spiro atoms. The van der Waals surface area contributed by atoms with Gasteiger partial charge in [0.1, 0.15) is 12.4 Å². The quantitative estimate of drug-likeness (QED) is 0.631. The number of nitrogen functional groups attached to an aromatic ring is 1. The molecule has 18 heavy (non-hydrogen) atoms. The number of esters is 1. The van der Waals surface area contributed by atoms with Crippen molar-refractivity contribution < 1.29 is 23.8 Å². The van der Waals surface area contributed by atoms with Crippen molar-refractivity contribution in [2.24, 2.45) is 5.41 Å². The van der Waals surface area contributed by atoms with Gasteiger partial charge in [-0.25, -0.2) is 9.18 Å². The molecular weight excluding hydrogens is 241 g/mol. The van der Waals surface area contributed by atoms with E-state index in [9.17, 15) is 14.0 Å². The second kappa shape index (κ2) is 5.03. The van der Waals surface area contributed by atoms with Crippen LogP contribution in [0, 0.1) is 11.2 Å². The third-order valence-corrected chi connectivity index (χ3v) is 2.38. The second-order valence-electron chi connectivity index (χ2n) is 4.50. The molecule has 0 amide bonds. The molecule has 0 aromatic heterocycles. The number of carbonyl (C=O) groups excluding carboxylic acids is 1. The van der Waals surface area contributed by atoms with Crippen molar-refractivity contribution in [2.75, 3.05) is 12.3 Å². The molecule has 0 aliphatic carbocycles. The standard InChI is InChI=1S/C12H14FNO4/c1-12(2,11(16)17)6-18-10(15)7-3-4-9(14)8(13)5-7/h3-5H,6,14H2,1-2H3,(H,16,17). The number of ether oxygens (including phenoxy) is 1. The molecule has 98 valence electrons. The zero-order valence-corrected chi connectivity index (χ0v) is 10.1. The van der Waals surface area contributed by atoms with Crippen molar-refractivity contribution in [2.45, 2.75) is 13.8 Å². The lowest BCUT2D eigenvalue weighted by molar-refractivity contribution is -0.149. The van der Waals surface area contributed by atoms with Gasteiger partial charge in [-0.2, -0.15) is 0 Å². The lowest BCUT2D eigenvalue weighted by atomic mass is 9.95. The van der Waals surface area contributed by atoms with Gasteiger partial charge in [0.15, 0.2) is 0 Å². The molecule has 0 unspecified atom stereocenters. The molecule has 1 aromatic rings. The summed E-state index contributed by atoms with van der Waals surface area (Å²) < 4.78 is 17.9. The van der Waals surface area contributed by atoms with E-state index in [1.165, 1.54) is 26.0 Å². The number of rotatable bonds is 4. The number of carboxylic acids is 1. The van der Waals surface area contributed by atoms with Gasteiger partial charge >= 0.3 is 11.9 Å². The Morgan fingerprint density at radius 2 is 2.06 bits per heavy atom. The lowest BCUT2D eigenvalue weighted by Gasteiger charge is -2.18. The summed E-state index contributed by atoms with van der Waals surface area (Å²) in [4.78, 5) is 22.4. The largest absolute Gasteiger partial charge is 0.481 e. The maximum absolute atomic E-state index is 13.1. The van der Waals surface area contributed by atoms with Crippen LogP contribution in [0.2, 0.25) is 0 Å². The number of nitrogens with two attached hydrogens (primary N) is 1. The normalized spacial score (nSPS) is 11.1. The Kier molecular flexibility index (Phi) is 3.90. The third kappa shape index (κ3) is 3.19. The van der Waals surface area contributed by atoms with Gasteiger partial charge in [-0.3, -0.25) is 4.79 Å². The smallest absolute Gasteiger partial charge is 0.338 e. The predicted octanol–water partition coefficient (Wildman–Crippen LogP) is 1.68. The summed E-state index contributed by atoms with van der Waals surface area (Å²) in [6.45, 7) is 2.55. The van der Waals surface area contributed by atoms with Crippen LogP contribution in [0.5, 0.6) is 0 Å². The molecule has 3 N–H and O–H groups in total. The summed E-state index contributed by atoms with van der Waals surface area (Å²) in [5.74, 6) is -2.59. The summed E-state index contributed by atoms with van der Waals surface area (Å²) in [7, 11) is 0. The van der Waals surface area contributed by atoms with Gasteiger partial charge in [-0.15, -0.1) is 0 Å². The first-order chi connectivity index (χ1) is 8.24. The number of anilines is 1. The molecule has 0 heterocycles. The van der Waals surface area contributed by atoms with E-state index in [1.54, 1.807) is 0 Å². The van der Waals surface area contributed by atoms with Crippen LogP contribution in [-0.4, -0.2) is 23.7 Å². The summed E-state index contributed by atoms with van der Waals surface area (Å²) in [6.07, 6.45) is 0. The van der Waals surface area contributed by atoms with E-state index in [2.05, 4.69) is 0 Å². The number of halogens is 1. The van der Waals surface area contributed by atoms with E-state index in [0.29, 0.717) is 0 Å². The van der Waals surface area contributed by atoms with Crippen LogP contribution < -0.4 is 5.73 Å². The average molecular weight is 255 g/mol. The fourth-order valence-corrected chi connectivity index (χ4v) is 1.05. The van der Waals surface area contributed by atoms with Crippen molar-refractivity contribution in [1.82, 2.24) is 0 Å². The number of hydrogen-bond acceptors (Lipinski definition) is 4. The molecule has 6 heteroatoms. The Hall–Kier alpha value is -2.11. The molecule has 0 bridgehead atoms. The fourth-order valence-electron chi connectivity index (χ4n) is 1.05. The van der Waals surface area contributed by atoms with Gasteiger partial charge in [0.05, 0.1) is 16.7 Å². The molecule has 0 saturated carbocycles.